The lowest BCUT2D eigenvalue weighted by atomic mass is 9.55. The van der Waals surface area contributed by atoms with Crippen LogP contribution in [0.4, 0.5) is 17.1 Å². The Labute approximate surface area is 576 Å². The maximum Gasteiger partial charge on any atom is 0.164 e. The van der Waals surface area contributed by atoms with E-state index in [2.05, 4.69) is 282 Å². The third kappa shape index (κ3) is 9.14. The van der Waals surface area contributed by atoms with Crippen LogP contribution in [0.15, 0.2) is 271 Å². The molecule has 0 fully saturated rings. The summed E-state index contributed by atoms with van der Waals surface area (Å²) in [4.78, 5) is 17.1. The second kappa shape index (κ2) is 21.9. The van der Waals surface area contributed by atoms with Crippen LogP contribution in [-0.4, -0.2) is 15.0 Å². The maximum atomic E-state index is 6.34. The van der Waals surface area contributed by atoms with Crippen molar-refractivity contribution in [3.8, 4) is 89.8 Å². The van der Waals surface area contributed by atoms with Gasteiger partial charge in [-0.05, 0) is 195 Å². The second-order valence-corrected chi connectivity index (χ2v) is 30.8. The Bertz CT molecular complexity index is 5500. The molecule has 5 nitrogen and oxygen atoms in total. The highest BCUT2D eigenvalue weighted by Gasteiger charge is 2.50. The fourth-order valence-electron chi connectivity index (χ4n) is 16.8. The van der Waals surface area contributed by atoms with Gasteiger partial charge in [-0.25, -0.2) is 15.0 Å². The van der Waals surface area contributed by atoms with Crippen molar-refractivity contribution in [1.29, 1.82) is 0 Å². The van der Waals surface area contributed by atoms with E-state index in [-0.39, 0.29) is 32.5 Å². The van der Waals surface area contributed by atoms with Crippen LogP contribution < -0.4 is 4.90 Å². The molecule has 14 aromatic rings. The van der Waals surface area contributed by atoms with Gasteiger partial charge in [-0.15, -0.1) is 0 Å². The van der Waals surface area contributed by atoms with E-state index in [1.807, 2.05) is 72.8 Å². The lowest BCUT2D eigenvalue weighted by Gasteiger charge is -2.48. The summed E-state index contributed by atoms with van der Waals surface area (Å²) in [5.41, 5.74) is 32.3. The Morgan fingerprint density at radius 3 is 1.13 bits per heavy atom. The van der Waals surface area contributed by atoms with Crippen LogP contribution in [-0.2, 0) is 32.5 Å². The number of furan rings is 1. The zero-order valence-electron chi connectivity index (χ0n) is 58.1. The number of aromatic nitrogens is 3. The Balaban J connectivity index is 0.000000148. The van der Waals surface area contributed by atoms with Crippen molar-refractivity contribution in [3.63, 3.8) is 0 Å². The van der Waals surface area contributed by atoms with Crippen molar-refractivity contribution in [2.45, 2.75) is 116 Å². The normalized spacial score (nSPS) is 16.0. The number of nitrogens with zero attached hydrogens (tertiary/aromatic N) is 4. The molecule has 0 bridgehead atoms. The summed E-state index contributed by atoms with van der Waals surface area (Å²) < 4.78 is 6.34. The monoisotopic (exact) mass is 1270 g/mol. The molecule has 18 rings (SSSR count). The van der Waals surface area contributed by atoms with Crippen molar-refractivity contribution in [1.82, 2.24) is 15.0 Å². The van der Waals surface area contributed by atoms with E-state index in [4.69, 9.17) is 19.4 Å². The number of anilines is 3. The van der Waals surface area contributed by atoms with Crippen LogP contribution in [0.2, 0.25) is 0 Å². The molecule has 0 unspecified atom stereocenters. The van der Waals surface area contributed by atoms with Gasteiger partial charge in [0.25, 0.3) is 0 Å². The van der Waals surface area contributed by atoms with Gasteiger partial charge in [0.05, 0.1) is 0 Å². The molecule has 0 radical (unpaired) electrons. The molecule has 0 saturated carbocycles. The van der Waals surface area contributed by atoms with Gasteiger partial charge in [0.1, 0.15) is 11.2 Å². The van der Waals surface area contributed by atoms with E-state index in [0.717, 1.165) is 55.7 Å². The minimum atomic E-state index is -0.160. The molecule has 2 aromatic heterocycles. The molecule has 478 valence electrons. The minimum Gasteiger partial charge on any atom is -0.456 e. The zero-order chi connectivity index (χ0) is 67.4. The van der Waals surface area contributed by atoms with Gasteiger partial charge in [0.2, 0.25) is 0 Å². The average molecular weight is 1270 g/mol. The third-order valence-electron chi connectivity index (χ3n) is 23.9. The fraction of sp³-hybridized carbons (Fsp3) is 0.194. The lowest BCUT2D eigenvalue weighted by Crippen LogP contribution is -2.43. The summed E-state index contributed by atoms with van der Waals surface area (Å²) in [6.07, 6.45) is 0. The molecule has 0 saturated heterocycles. The molecule has 0 atom stereocenters. The number of rotatable bonds is 7. The molecule has 2 heterocycles. The average Bonchev–Trinajstić information content (AvgIpc) is 1.31. The van der Waals surface area contributed by atoms with Gasteiger partial charge in [0, 0.05) is 61.4 Å². The molecule has 0 N–H and O–H groups in total. The van der Waals surface area contributed by atoms with Gasteiger partial charge >= 0.3 is 0 Å². The summed E-state index contributed by atoms with van der Waals surface area (Å²) in [6.45, 7) is 28.9. The standard InChI is InChI=1S/C48H41N3.C45H39NO/c1-46(2)40-27-34(25-26-36(40)37-29-42-38(28-41(37)46)35-19-13-14-20-39(35)47(3,4)48(42,5)6)30-21-23-33(24-22-30)45-50-43(31-15-9-7-10-16-31)49-44(51-45)32-17-11-8-12-18-32;1-43(2)38-24-29(46(28-14-8-7-9-15-28)30-21-23-34-33-17-11-13-19-41(33)47-42(34)25-30)20-22-32(38)35-27-40-36(26-39(35)43)31-16-10-12-18-37(31)44(3,4)45(40,5)6/h7-29H,1-6H3;7-27H,1-6H3. The molecular weight excluding hydrogens is 1190 g/mol. The summed E-state index contributed by atoms with van der Waals surface area (Å²) in [6, 6.07) is 96.7. The number of hydrogen-bond acceptors (Lipinski definition) is 5. The second-order valence-electron chi connectivity index (χ2n) is 30.8. The highest BCUT2D eigenvalue weighted by atomic mass is 16.3. The molecule has 98 heavy (non-hydrogen) atoms. The van der Waals surface area contributed by atoms with Gasteiger partial charge < -0.3 is 9.32 Å². The molecule has 0 aliphatic heterocycles. The number of benzene rings is 12. The quantitative estimate of drug-likeness (QED) is 0.159. The van der Waals surface area contributed by atoms with Crippen LogP contribution in [0.1, 0.15) is 128 Å². The molecular formula is C93H80N4O. The predicted molar refractivity (Wildman–Crippen MR) is 408 cm³/mol. The first-order valence-corrected chi connectivity index (χ1v) is 34.7. The van der Waals surface area contributed by atoms with Gasteiger partial charge in [-0.3, -0.25) is 0 Å². The first-order chi connectivity index (χ1) is 47.1. The molecule has 4 aliphatic carbocycles. The molecule has 0 spiro atoms. The highest BCUT2D eigenvalue weighted by Crippen LogP contribution is 2.61. The van der Waals surface area contributed by atoms with Crippen LogP contribution in [0.25, 0.3) is 112 Å². The van der Waals surface area contributed by atoms with Gasteiger partial charge in [0.15, 0.2) is 17.5 Å². The SMILES string of the molecule is CC1(C)c2cc(-c3ccc(-c4nc(-c5ccccc5)nc(-c5ccccc5)n4)cc3)ccc2-c2cc3c(cc21)-c1ccccc1C(C)(C)C3(C)C.CC1(C)c2cc(N(c3ccccc3)c3ccc4c(c3)oc3ccccc34)ccc2-c2cc3c(cc21)-c1ccccc1C(C)(C)C3(C)C. The highest BCUT2D eigenvalue weighted by molar-refractivity contribution is 6.06. The Morgan fingerprint density at radius 1 is 0.235 bits per heavy atom. The van der Waals surface area contributed by atoms with E-state index in [9.17, 15) is 0 Å². The molecule has 12 aromatic carbocycles. The Kier molecular flexibility index (Phi) is 13.6. The van der Waals surface area contributed by atoms with E-state index in [1.165, 1.54) is 100 Å². The van der Waals surface area contributed by atoms with Crippen molar-refractivity contribution in [3.05, 3.63) is 311 Å². The van der Waals surface area contributed by atoms with Crippen LogP contribution in [0.3, 0.4) is 0 Å². The number of hydrogen-bond donors (Lipinski definition) is 0. The van der Waals surface area contributed by atoms with Crippen LogP contribution in [0.5, 0.6) is 0 Å². The number of fused-ring (bicyclic) bond motifs is 15. The molecule has 0 amide bonds. The van der Waals surface area contributed by atoms with Crippen molar-refractivity contribution < 1.29 is 4.42 Å². The lowest BCUT2D eigenvalue weighted by molar-refractivity contribution is 0.299. The van der Waals surface area contributed by atoms with Crippen molar-refractivity contribution >= 4 is 39.0 Å². The van der Waals surface area contributed by atoms with E-state index < -0.39 is 0 Å². The van der Waals surface area contributed by atoms with Gasteiger partial charge in [-0.1, -0.05) is 271 Å². The maximum absolute atomic E-state index is 6.34. The Morgan fingerprint density at radius 2 is 0.592 bits per heavy atom. The van der Waals surface area contributed by atoms with Gasteiger partial charge in [-0.2, -0.15) is 0 Å². The van der Waals surface area contributed by atoms with Crippen molar-refractivity contribution in [2.24, 2.45) is 0 Å². The minimum absolute atomic E-state index is 0.00275. The summed E-state index contributed by atoms with van der Waals surface area (Å²) in [5.74, 6) is 2.00. The Hall–Kier alpha value is -10.8. The van der Waals surface area contributed by atoms with Crippen LogP contribution >= 0.6 is 0 Å². The molecule has 5 heteroatoms. The van der Waals surface area contributed by atoms with E-state index in [0.29, 0.717) is 17.5 Å². The third-order valence-corrected chi connectivity index (χ3v) is 23.9. The van der Waals surface area contributed by atoms with Crippen LogP contribution in [0, 0.1) is 0 Å². The smallest absolute Gasteiger partial charge is 0.164 e. The fourth-order valence-corrected chi connectivity index (χ4v) is 16.8. The molecule has 4 aliphatic rings. The largest absolute Gasteiger partial charge is 0.456 e. The summed E-state index contributed by atoms with van der Waals surface area (Å²) in [7, 11) is 0. The predicted octanol–water partition coefficient (Wildman–Crippen LogP) is 24.7. The zero-order valence-corrected chi connectivity index (χ0v) is 58.1. The summed E-state index contributed by atoms with van der Waals surface area (Å²) in [5, 5.41) is 2.29. The summed E-state index contributed by atoms with van der Waals surface area (Å²) >= 11 is 0. The first-order valence-electron chi connectivity index (χ1n) is 34.7. The topological polar surface area (TPSA) is 55.1 Å². The number of para-hydroxylation sites is 2. The first kappa shape index (κ1) is 60.9. The van der Waals surface area contributed by atoms with E-state index in [1.54, 1.807) is 0 Å². The van der Waals surface area contributed by atoms with E-state index >= 15 is 0 Å². The van der Waals surface area contributed by atoms with Crippen molar-refractivity contribution in [2.75, 3.05) is 4.90 Å².